The maximum Gasteiger partial charge on any atom is 0.165 e. The summed E-state index contributed by atoms with van der Waals surface area (Å²) in [5.74, 6) is 4.78. The number of benzene rings is 2. The smallest absolute Gasteiger partial charge is 0.165 e. The van der Waals surface area contributed by atoms with Gasteiger partial charge in [-0.2, -0.15) is 0 Å². The summed E-state index contributed by atoms with van der Waals surface area (Å²) in [7, 11) is 1.38. The molecule has 0 aliphatic rings. The molecule has 2 aromatic carbocycles. The minimum atomic E-state index is -0.579. The molecule has 0 aliphatic carbocycles. The van der Waals surface area contributed by atoms with Crippen molar-refractivity contribution in [1.82, 2.24) is 5.43 Å². The first-order valence-corrected chi connectivity index (χ1v) is 6.12. The molecule has 0 spiro atoms. The average molecular weight is 278 g/mol. The van der Waals surface area contributed by atoms with Crippen LogP contribution in [0, 0.1) is 18.6 Å². The van der Waals surface area contributed by atoms with Gasteiger partial charge in [0, 0.05) is 5.56 Å². The Morgan fingerprint density at radius 2 is 1.80 bits per heavy atom. The van der Waals surface area contributed by atoms with Crippen LogP contribution in [0.1, 0.15) is 22.7 Å². The molecule has 3 N–H and O–H groups in total. The molecule has 3 nitrogen and oxygen atoms in total. The molecule has 0 saturated heterocycles. The summed E-state index contributed by atoms with van der Waals surface area (Å²) in [5, 5.41) is 0. The van der Waals surface area contributed by atoms with Gasteiger partial charge in [0.15, 0.2) is 11.6 Å². The summed E-state index contributed by atoms with van der Waals surface area (Å²) in [5.41, 5.74) is 4.49. The SMILES string of the molecule is COc1cc(C(NN)c2cc(C)ccc2F)ccc1F. The molecule has 0 radical (unpaired) electrons. The summed E-state index contributed by atoms with van der Waals surface area (Å²) < 4.78 is 32.3. The maximum absolute atomic E-state index is 14.0. The number of hydrogen-bond donors (Lipinski definition) is 2. The predicted octanol–water partition coefficient (Wildman–Crippen LogP) is 2.83. The maximum atomic E-state index is 14.0. The van der Waals surface area contributed by atoms with Gasteiger partial charge in [0.1, 0.15) is 5.82 Å². The van der Waals surface area contributed by atoms with E-state index >= 15 is 0 Å². The Bertz CT molecular complexity index is 617. The van der Waals surface area contributed by atoms with Crippen molar-refractivity contribution in [3.63, 3.8) is 0 Å². The highest BCUT2D eigenvalue weighted by atomic mass is 19.1. The molecule has 1 atom stereocenters. The molecule has 1 unspecified atom stereocenters. The second-order valence-electron chi connectivity index (χ2n) is 4.52. The van der Waals surface area contributed by atoms with E-state index in [1.165, 1.54) is 25.3 Å². The molecule has 2 aromatic rings. The summed E-state index contributed by atoms with van der Waals surface area (Å²) in [4.78, 5) is 0. The Morgan fingerprint density at radius 3 is 2.45 bits per heavy atom. The molecule has 5 heteroatoms. The topological polar surface area (TPSA) is 47.3 Å². The highest BCUT2D eigenvalue weighted by Crippen LogP contribution is 2.28. The zero-order chi connectivity index (χ0) is 14.7. The molecular weight excluding hydrogens is 262 g/mol. The van der Waals surface area contributed by atoms with Gasteiger partial charge in [-0.15, -0.1) is 0 Å². The Kier molecular flexibility index (Phi) is 4.32. The molecule has 0 bridgehead atoms. The van der Waals surface area contributed by atoms with E-state index in [-0.39, 0.29) is 11.6 Å². The lowest BCUT2D eigenvalue weighted by Crippen LogP contribution is -2.29. The molecule has 0 amide bonds. The molecule has 20 heavy (non-hydrogen) atoms. The van der Waals surface area contributed by atoms with Crippen molar-refractivity contribution in [2.45, 2.75) is 13.0 Å². The lowest BCUT2D eigenvalue weighted by Gasteiger charge is -2.19. The highest BCUT2D eigenvalue weighted by molar-refractivity contribution is 5.39. The van der Waals surface area contributed by atoms with E-state index < -0.39 is 11.9 Å². The van der Waals surface area contributed by atoms with Crippen LogP contribution >= 0.6 is 0 Å². The number of ether oxygens (including phenoxy) is 1. The minimum absolute atomic E-state index is 0.0933. The molecular formula is C15H16F2N2O. The van der Waals surface area contributed by atoms with Crippen LogP contribution in [0.25, 0.3) is 0 Å². The van der Waals surface area contributed by atoms with Gasteiger partial charge in [0.05, 0.1) is 13.2 Å². The number of hydrogen-bond acceptors (Lipinski definition) is 3. The Balaban J connectivity index is 2.49. The number of hydrazine groups is 1. The van der Waals surface area contributed by atoms with Crippen LogP contribution in [-0.4, -0.2) is 7.11 Å². The van der Waals surface area contributed by atoms with Crippen molar-refractivity contribution in [2.24, 2.45) is 5.84 Å². The van der Waals surface area contributed by atoms with Gasteiger partial charge < -0.3 is 4.74 Å². The first kappa shape index (κ1) is 14.4. The van der Waals surface area contributed by atoms with E-state index in [1.807, 2.05) is 6.92 Å². The number of nitrogens with one attached hydrogen (secondary N) is 1. The fourth-order valence-electron chi connectivity index (χ4n) is 2.11. The summed E-state index contributed by atoms with van der Waals surface area (Å²) in [6, 6.07) is 8.51. The van der Waals surface area contributed by atoms with E-state index in [2.05, 4.69) is 5.43 Å². The van der Waals surface area contributed by atoms with Gasteiger partial charge in [-0.25, -0.2) is 14.2 Å². The lowest BCUT2D eigenvalue weighted by atomic mass is 9.97. The van der Waals surface area contributed by atoms with Crippen LogP contribution in [0.4, 0.5) is 8.78 Å². The van der Waals surface area contributed by atoms with Crippen LogP contribution < -0.4 is 16.0 Å². The third-order valence-corrected chi connectivity index (χ3v) is 3.14. The van der Waals surface area contributed by atoms with Gasteiger partial charge in [-0.05, 0) is 30.7 Å². The number of aryl methyl sites for hydroxylation is 1. The molecule has 0 fully saturated rings. The van der Waals surface area contributed by atoms with Gasteiger partial charge in [0.25, 0.3) is 0 Å². The van der Waals surface area contributed by atoms with Gasteiger partial charge >= 0.3 is 0 Å². The van der Waals surface area contributed by atoms with Crippen molar-refractivity contribution in [1.29, 1.82) is 0 Å². The largest absolute Gasteiger partial charge is 0.494 e. The summed E-state index contributed by atoms with van der Waals surface area (Å²) in [6.07, 6.45) is 0. The fraction of sp³-hybridized carbons (Fsp3) is 0.200. The molecule has 2 rings (SSSR count). The second-order valence-corrected chi connectivity index (χ2v) is 4.52. The zero-order valence-electron chi connectivity index (χ0n) is 11.3. The number of rotatable bonds is 4. The van der Waals surface area contributed by atoms with E-state index in [0.717, 1.165) is 5.56 Å². The van der Waals surface area contributed by atoms with E-state index in [1.54, 1.807) is 18.2 Å². The second kappa shape index (κ2) is 5.98. The van der Waals surface area contributed by atoms with Crippen LogP contribution in [0.3, 0.4) is 0 Å². The van der Waals surface area contributed by atoms with Crippen LogP contribution in [0.2, 0.25) is 0 Å². The first-order valence-electron chi connectivity index (χ1n) is 6.12. The summed E-state index contributed by atoms with van der Waals surface area (Å²) >= 11 is 0. The van der Waals surface area contributed by atoms with E-state index in [9.17, 15) is 8.78 Å². The van der Waals surface area contributed by atoms with Gasteiger partial charge in [0.2, 0.25) is 0 Å². The van der Waals surface area contributed by atoms with Crippen LogP contribution in [0.15, 0.2) is 36.4 Å². The lowest BCUT2D eigenvalue weighted by molar-refractivity contribution is 0.385. The van der Waals surface area contributed by atoms with Crippen LogP contribution in [-0.2, 0) is 0 Å². The van der Waals surface area contributed by atoms with E-state index in [0.29, 0.717) is 11.1 Å². The van der Waals surface area contributed by atoms with Crippen molar-refractivity contribution in [3.8, 4) is 5.75 Å². The standard InChI is InChI=1S/C15H16F2N2O/c1-9-3-5-12(16)11(7-9)15(19-18)10-4-6-13(17)14(8-10)20-2/h3-8,15,19H,18H2,1-2H3. The molecule has 106 valence electrons. The van der Waals surface area contributed by atoms with Crippen molar-refractivity contribution >= 4 is 0 Å². The Hall–Kier alpha value is -1.98. The number of halogens is 2. The van der Waals surface area contributed by atoms with Crippen molar-refractivity contribution < 1.29 is 13.5 Å². The number of nitrogens with two attached hydrogens (primary N) is 1. The Labute approximate surface area is 116 Å². The quantitative estimate of drug-likeness (QED) is 0.668. The zero-order valence-corrected chi connectivity index (χ0v) is 11.3. The van der Waals surface area contributed by atoms with E-state index in [4.69, 9.17) is 10.6 Å². The first-order chi connectivity index (χ1) is 9.56. The fourth-order valence-corrected chi connectivity index (χ4v) is 2.11. The third-order valence-electron chi connectivity index (χ3n) is 3.14. The molecule has 0 aliphatic heterocycles. The van der Waals surface area contributed by atoms with Crippen molar-refractivity contribution in [3.05, 3.63) is 64.7 Å². The molecule has 0 aromatic heterocycles. The predicted molar refractivity (Wildman–Crippen MR) is 73.3 cm³/mol. The number of methoxy groups -OCH3 is 1. The minimum Gasteiger partial charge on any atom is -0.494 e. The van der Waals surface area contributed by atoms with Crippen molar-refractivity contribution in [2.75, 3.05) is 7.11 Å². The third kappa shape index (κ3) is 2.79. The summed E-state index contributed by atoms with van der Waals surface area (Å²) in [6.45, 7) is 1.86. The molecule has 0 saturated carbocycles. The normalized spacial score (nSPS) is 12.2. The van der Waals surface area contributed by atoms with Gasteiger partial charge in [-0.3, -0.25) is 5.84 Å². The highest BCUT2D eigenvalue weighted by Gasteiger charge is 2.18. The average Bonchev–Trinajstić information content (AvgIpc) is 2.45. The molecule has 0 heterocycles. The monoisotopic (exact) mass is 278 g/mol. The van der Waals surface area contributed by atoms with Crippen LogP contribution in [0.5, 0.6) is 5.75 Å². The Morgan fingerprint density at radius 1 is 1.10 bits per heavy atom. The van der Waals surface area contributed by atoms with Gasteiger partial charge in [-0.1, -0.05) is 23.8 Å².